The molecule has 0 aliphatic rings. The number of amides is 1. The number of carbonyl (C=O) groups is 1. The minimum atomic E-state index is -4.42. The van der Waals surface area contributed by atoms with E-state index >= 15 is 0 Å². The third-order valence-corrected chi connectivity index (χ3v) is 4.14. The van der Waals surface area contributed by atoms with E-state index in [1.165, 1.54) is 12.1 Å². The Kier molecular flexibility index (Phi) is 5.54. The molecule has 0 unspecified atom stereocenters. The minimum Gasteiger partial charge on any atom is -0.321 e. The van der Waals surface area contributed by atoms with E-state index in [2.05, 4.69) is 5.32 Å². The van der Waals surface area contributed by atoms with Gasteiger partial charge in [0.2, 0.25) is 0 Å². The van der Waals surface area contributed by atoms with Gasteiger partial charge in [-0.1, -0.05) is 31.5 Å². The van der Waals surface area contributed by atoms with Crippen LogP contribution in [0.15, 0.2) is 36.4 Å². The molecule has 0 fully saturated rings. The smallest absolute Gasteiger partial charge is 0.321 e. The molecule has 0 aromatic heterocycles. The van der Waals surface area contributed by atoms with Gasteiger partial charge in [0.1, 0.15) is 0 Å². The molecule has 2 nitrogen and oxygen atoms in total. The Hall–Kier alpha value is -2.01. The van der Waals surface area contributed by atoms with Crippen molar-refractivity contribution >= 4 is 23.2 Å². The van der Waals surface area contributed by atoms with Gasteiger partial charge in [0.15, 0.2) is 0 Å². The van der Waals surface area contributed by atoms with E-state index in [9.17, 15) is 18.0 Å². The lowest BCUT2D eigenvalue weighted by atomic mass is 10.0. The van der Waals surface area contributed by atoms with Crippen molar-refractivity contribution in [1.82, 2.24) is 0 Å². The maximum absolute atomic E-state index is 12.6. The Morgan fingerprint density at radius 3 is 2.17 bits per heavy atom. The Morgan fingerprint density at radius 2 is 1.67 bits per heavy atom. The summed E-state index contributed by atoms with van der Waals surface area (Å²) in [6.07, 6.45) is -3.09. The zero-order chi connectivity index (χ0) is 17.9. The largest absolute Gasteiger partial charge is 0.416 e. The van der Waals surface area contributed by atoms with Crippen molar-refractivity contribution in [1.29, 1.82) is 0 Å². The van der Waals surface area contributed by atoms with E-state index < -0.39 is 17.6 Å². The number of carbonyl (C=O) groups excluding carboxylic acids is 1. The van der Waals surface area contributed by atoms with Gasteiger partial charge in [-0.05, 0) is 54.3 Å². The lowest BCUT2D eigenvalue weighted by molar-refractivity contribution is -0.137. The number of hydrogen-bond acceptors (Lipinski definition) is 1. The van der Waals surface area contributed by atoms with Crippen molar-refractivity contribution in [2.75, 3.05) is 5.32 Å². The molecule has 2 aromatic rings. The molecular formula is C18H17ClF3NO. The predicted octanol–water partition coefficient (Wildman–Crippen LogP) is 5.74. The number of hydrogen-bond donors (Lipinski definition) is 1. The molecule has 1 N–H and O–H groups in total. The summed E-state index contributed by atoms with van der Waals surface area (Å²) in [4.78, 5) is 12.4. The van der Waals surface area contributed by atoms with Gasteiger partial charge >= 0.3 is 6.18 Å². The first-order valence-electron chi connectivity index (χ1n) is 7.56. The number of aryl methyl sites for hydroxylation is 1. The van der Waals surface area contributed by atoms with Crippen LogP contribution in [0.1, 0.15) is 40.9 Å². The van der Waals surface area contributed by atoms with Crippen LogP contribution in [0, 0.1) is 0 Å². The summed E-state index contributed by atoms with van der Waals surface area (Å²) in [5.74, 6) is -0.463. The highest BCUT2D eigenvalue weighted by Crippen LogP contribution is 2.31. The second kappa shape index (κ2) is 7.26. The fourth-order valence-electron chi connectivity index (χ4n) is 2.46. The fourth-order valence-corrected chi connectivity index (χ4v) is 2.75. The predicted molar refractivity (Wildman–Crippen MR) is 89.6 cm³/mol. The maximum Gasteiger partial charge on any atom is 0.416 e. The van der Waals surface area contributed by atoms with E-state index in [1.54, 1.807) is 6.07 Å². The van der Waals surface area contributed by atoms with E-state index in [-0.39, 0.29) is 5.56 Å². The standard InChI is InChI=1S/C18H17ClF3NO/c1-3-11-7-10-15(19)14(4-2)16(11)23-17(24)12-5-8-13(9-6-12)18(20,21)22/h5-10H,3-4H2,1-2H3,(H,23,24). The lowest BCUT2D eigenvalue weighted by Gasteiger charge is -2.16. The van der Waals surface area contributed by atoms with Gasteiger partial charge in [-0.3, -0.25) is 4.79 Å². The molecule has 0 atom stereocenters. The van der Waals surface area contributed by atoms with Gasteiger partial charge in [-0.15, -0.1) is 0 Å². The van der Waals surface area contributed by atoms with Crippen LogP contribution in [-0.4, -0.2) is 5.91 Å². The highest BCUT2D eigenvalue weighted by molar-refractivity contribution is 6.32. The zero-order valence-corrected chi connectivity index (χ0v) is 14.1. The summed E-state index contributed by atoms with van der Waals surface area (Å²) in [6.45, 7) is 3.88. The van der Waals surface area contributed by atoms with E-state index in [1.807, 2.05) is 19.9 Å². The molecule has 128 valence electrons. The molecule has 0 aliphatic carbocycles. The van der Waals surface area contributed by atoms with Crippen LogP contribution < -0.4 is 5.32 Å². The van der Waals surface area contributed by atoms with Crippen molar-refractivity contribution in [3.8, 4) is 0 Å². The van der Waals surface area contributed by atoms with E-state index in [0.717, 1.165) is 23.3 Å². The third-order valence-electron chi connectivity index (χ3n) is 3.79. The lowest BCUT2D eigenvalue weighted by Crippen LogP contribution is -2.15. The summed E-state index contributed by atoms with van der Waals surface area (Å²) in [7, 11) is 0. The molecule has 1 amide bonds. The summed E-state index contributed by atoms with van der Waals surface area (Å²) in [5, 5.41) is 3.34. The molecule has 0 aliphatic heterocycles. The first kappa shape index (κ1) is 18.3. The van der Waals surface area contributed by atoms with Gasteiger partial charge in [0, 0.05) is 16.3 Å². The van der Waals surface area contributed by atoms with Gasteiger partial charge in [-0.2, -0.15) is 13.2 Å². The van der Waals surface area contributed by atoms with Crippen molar-refractivity contribution in [2.24, 2.45) is 0 Å². The quantitative estimate of drug-likeness (QED) is 0.744. The summed E-state index contributed by atoms with van der Waals surface area (Å²) < 4.78 is 37.8. The summed E-state index contributed by atoms with van der Waals surface area (Å²) in [5.41, 5.74) is 1.75. The normalized spacial score (nSPS) is 11.4. The van der Waals surface area contributed by atoms with Crippen LogP contribution >= 0.6 is 11.6 Å². The van der Waals surface area contributed by atoms with Crippen LogP contribution in [0.3, 0.4) is 0 Å². The number of rotatable bonds is 4. The molecule has 0 radical (unpaired) electrons. The Morgan fingerprint density at radius 1 is 1.04 bits per heavy atom. The van der Waals surface area contributed by atoms with Crippen molar-refractivity contribution in [2.45, 2.75) is 32.9 Å². The molecule has 2 rings (SSSR count). The number of benzene rings is 2. The summed E-state index contributed by atoms with van der Waals surface area (Å²) in [6, 6.07) is 7.75. The number of halogens is 4. The highest BCUT2D eigenvalue weighted by atomic mass is 35.5. The van der Waals surface area contributed by atoms with Crippen LogP contribution in [0.4, 0.5) is 18.9 Å². The molecule has 6 heteroatoms. The highest BCUT2D eigenvalue weighted by Gasteiger charge is 2.30. The molecule has 0 saturated heterocycles. The molecule has 24 heavy (non-hydrogen) atoms. The molecule has 0 spiro atoms. The van der Waals surface area contributed by atoms with Crippen molar-refractivity contribution in [3.63, 3.8) is 0 Å². The zero-order valence-electron chi connectivity index (χ0n) is 13.3. The summed E-state index contributed by atoms with van der Waals surface area (Å²) >= 11 is 6.18. The Labute approximate surface area is 143 Å². The van der Waals surface area contributed by atoms with Gasteiger partial charge in [0.25, 0.3) is 5.91 Å². The van der Waals surface area contributed by atoms with Crippen LogP contribution in [0.25, 0.3) is 0 Å². The Bertz CT molecular complexity index is 739. The van der Waals surface area contributed by atoms with Gasteiger partial charge in [-0.25, -0.2) is 0 Å². The van der Waals surface area contributed by atoms with Gasteiger partial charge < -0.3 is 5.32 Å². The monoisotopic (exact) mass is 355 g/mol. The molecule has 0 heterocycles. The SMILES string of the molecule is CCc1ccc(Cl)c(CC)c1NC(=O)c1ccc(C(F)(F)F)cc1. The molecule has 0 bridgehead atoms. The van der Waals surface area contributed by atoms with Crippen LogP contribution in [0.5, 0.6) is 0 Å². The minimum absolute atomic E-state index is 0.159. The van der Waals surface area contributed by atoms with Crippen LogP contribution in [0.2, 0.25) is 5.02 Å². The fraction of sp³-hybridized carbons (Fsp3) is 0.278. The van der Waals surface area contributed by atoms with E-state index in [4.69, 9.17) is 11.6 Å². The van der Waals surface area contributed by atoms with Crippen molar-refractivity contribution in [3.05, 3.63) is 63.7 Å². The first-order chi connectivity index (χ1) is 11.3. The molecule has 2 aromatic carbocycles. The van der Waals surface area contributed by atoms with Gasteiger partial charge in [0.05, 0.1) is 5.56 Å². The third kappa shape index (κ3) is 3.90. The average Bonchev–Trinajstić information content (AvgIpc) is 2.54. The first-order valence-corrected chi connectivity index (χ1v) is 7.94. The molecule has 0 saturated carbocycles. The second-order valence-corrected chi connectivity index (χ2v) is 5.70. The average molecular weight is 356 g/mol. The second-order valence-electron chi connectivity index (χ2n) is 5.30. The van der Waals surface area contributed by atoms with Crippen molar-refractivity contribution < 1.29 is 18.0 Å². The Balaban J connectivity index is 2.31. The molecular weight excluding hydrogens is 339 g/mol. The van der Waals surface area contributed by atoms with Crippen LogP contribution in [-0.2, 0) is 19.0 Å². The number of alkyl halides is 3. The van der Waals surface area contributed by atoms with E-state index in [0.29, 0.717) is 23.6 Å². The topological polar surface area (TPSA) is 29.1 Å². The number of anilines is 1. The number of nitrogens with one attached hydrogen (secondary N) is 1. The maximum atomic E-state index is 12.6.